The van der Waals surface area contributed by atoms with Gasteiger partial charge in [0.25, 0.3) is 5.56 Å². The van der Waals surface area contributed by atoms with E-state index < -0.39 is 5.56 Å². The Morgan fingerprint density at radius 1 is 1.25 bits per heavy atom. The average molecular weight is 214 g/mol. The lowest BCUT2D eigenvalue weighted by Crippen LogP contribution is -2.13. The number of carbonyl (C=O) groups is 1. The number of carbonyl (C=O) groups excluding carboxylic acids is 1. The van der Waals surface area contributed by atoms with Gasteiger partial charge in [0.05, 0.1) is 11.3 Å². The Labute approximate surface area is 91.9 Å². The van der Waals surface area contributed by atoms with Crippen LogP contribution in [0.5, 0.6) is 0 Å². The highest BCUT2D eigenvalue weighted by molar-refractivity contribution is 5.76. The molecule has 0 aliphatic carbocycles. The topological polar surface area (TPSA) is 62.8 Å². The molecular weight excluding hydrogens is 204 g/mol. The summed E-state index contributed by atoms with van der Waals surface area (Å²) in [5, 5.41) is 6.19. The highest BCUT2D eigenvalue weighted by Gasteiger charge is 2.03. The van der Waals surface area contributed by atoms with Crippen molar-refractivity contribution in [2.45, 2.75) is 6.92 Å². The summed E-state index contributed by atoms with van der Waals surface area (Å²) in [6, 6.07) is 9.16. The molecule has 0 aliphatic rings. The molecule has 0 spiro atoms. The number of nitrogens with zero attached hydrogens (tertiary/aromatic N) is 1. The van der Waals surface area contributed by atoms with Gasteiger partial charge in [0, 0.05) is 5.56 Å². The second-order valence-corrected chi connectivity index (χ2v) is 3.52. The summed E-state index contributed by atoms with van der Waals surface area (Å²) in [5.41, 5.74) is 2.21. The molecule has 0 atom stereocenters. The fourth-order valence-corrected chi connectivity index (χ4v) is 1.38. The summed E-state index contributed by atoms with van der Waals surface area (Å²) in [6.45, 7) is 1.99. The first-order chi connectivity index (χ1) is 7.70. The number of nitrogens with one attached hydrogen (secondary N) is 1. The van der Waals surface area contributed by atoms with Crippen LogP contribution in [0.1, 0.15) is 15.9 Å². The zero-order chi connectivity index (χ0) is 11.5. The Hall–Kier alpha value is -2.23. The number of aldehydes is 1. The number of hydrogen-bond acceptors (Lipinski definition) is 3. The summed E-state index contributed by atoms with van der Waals surface area (Å²) in [7, 11) is 0. The minimum atomic E-state index is -0.467. The molecule has 0 unspecified atom stereocenters. The lowest BCUT2D eigenvalue weighted by atomic mass is 10.1. The maximum atomic E-state index is 11.1. The molecule has 80 valence electrons. The van der Waals surface area contributed by atoms with Gasteiger partial charge in [-0.25, -0.2) is 5.10 Å². The Morgan fingerprint density at radius 2 is 1.94 bits per heavy atom. The zero-order valence-electron chi connectivity index (χ0n) is 8.73. The van der Waals surface area contributed by atoms with Crippen molar-refractivity contribution >= 4 is 6.29 Å². The maximum Gasteiger partial charge on any atom is 0.274 e. The van der Waals surface area contributed by atoms with Crippen LogP contribution in [0.4, 0.5) is 0 Å². The van der Waals surface area contributed by atoms with E-state index in [0.29, 0.717) is 12.0 Å². The van der Waals surface area contributed by atoms with Gasteiger partial charge in [0.2, 0.25) is 0 Å². The van der Waals surface area contributed by atoms with Crippen LogP contribution >= 0.6 is 0 Å². The third kappa shape index (κ3) is 1.91. The number of hydrogen-bond donors (Lipinski definition) is 1. The summed E-state index contributed by atoms with van der Waals surface area (Å²) in [5.74, 6) is 0. The van der Waals surface area contributed by atoms with E-state index in [1.165, 1.54) is 6.07 Å². The van der Waals surface area contributed by atoms with Crippen LogP contribution in [0.3, 0.4) is 0 Å². The molecule has 0 saturated carbocycles. The monoisotopic (exact) mass is 214 g/mol. The first kappa shape index (κ1) is 10.3. The zero-order valence-corrected chi connectivity index (χ0v) is 8.73. The highest BCUT2D eigenvalue weighted by atomic mass is 16.1. The molecule has 2 rings (SSSR count). The highest BCUT2D eigenvalue weighted by Crippen LogP contribution is 2.16. The minimum absolute atomic E-state index is 0.0885. The van der Waals surface area contributed by atoms with Gasteiger partial charge in [-0.2, -0.15) is 5.10 Å². The van der Waals surface area contributed by atoms with E-state index in [-0.39, 0.29) is 5.56 Å². The van der Waals surface area contributed by atoms with Crippen LogP contribution in [0.25, 0.3) is 11.3 Å². The average Bonchev–Trinajstić information content (AvgIpc) is 2.31. The number of aryl methyl sites for hydroxylation is 1. The quantitative estimate of drug-likeness (QED) is 0.771. The molecule has 0 radical (unpaired) electrons. The predicted molar refractivity (Wildman–Crippen MR) is 60.4 cm³/mol. The van der Waals surface area contributed by atoms with Gasteiger partial charge in [-0.3, -0.25) is 9.59 Å². The van der Waals surface area contributed by atoms with Crippen LogP contribution < -0.4 is 5.56 Å². The van der Waals surface area contributed by atoms with E-state index in [4.69, 9.17) is 0 Å². The SMILES string of the molecule is Cc1ccc(-c2cc(C=O)c(=O)[nH]n2)cc1. The summed E-state index contributed by atoms with van der Waals surface area (Å²) >= 11 is 0. The molecule has 0 bridgehead atoms. The fraction of sp³-hybridized carbons (Fsp3) is 0.0833. The van der Waals surface area contributed by atoms with Crippen molar-refractivity contribution in [1.29, 1.82) is 0 Å². The van der Waals surface area contributed by atoms with Crippen LogP contribution in [0, 0.1) is 6.92 Å². The van der Waals surface area contributed by atoms with Gasteiger partial charge < -0.3 is 0 Å². The molecule has 1 N–H and O–H groups in total. The number of H-pyrrole nitrogens is 1. The van der Waals surface area contributed by atoms with E-state index in [0.717, 1.165) is 11.1 Å². The van der Waals surface area contributed by atoms with Gasteiger partial charge in [0.1, 0.15) is 0 Å². The molecule has 16 heavy (non-hydrogen) atoms. The van der Waals surface area contributed by atoms with E-state index >= 15 is 0 Å². The van der Waals surface area contributed by atoms with Crippen LogP contribution in [0.2, 0.25) is 0 Å². The van der Waals surface area contributed by atoms with Gasteiger partial charge in [-0.15, -0.1) is 0 Å². The Balaban J connectivity index is 2.52. The van der Waals surface area contributed by atoms with Gasteiger partial charge >= 0.3 is 0 Å². The molecule has 2 aromatic rings. The van der Waals surface area contributed by atoms with Crippen LogP contribution in [0.15, 0.2) is 35.1 Å². The van der Waals surface area contributed by atoms with Gasteiger partial charge in [0.15, 0.2) is 6.29 Å². The smallest absolute Gasteiger partial charge is 0.274 e. The largest absolute Gasteiger partial charge is 0.298 e. The minimum Gasteiger partial charge on any atom is -0.298 e. The van der Waals surface area contributed by atoms with E-state index in [1.54, 1.807) is 0 Å². The summed E-state index contributed by atoms with van der Waals surface area (Å²) in [6.07, 6.45) is 0.526. The third-order valence-corrected chi connectivity index (χ3v) is 2.31. The number of aromatic amines is 1. The second kappa shape index (κ2) is 4.10. The molecule has 1 aromatic carbocycles. The third-order valence-electron chi connectivity index (χ3n) is 2.31. The molecule has 0 saturated heterocycles. The molecule has 4 heteroatoms. The van der Waals surface area contributed by atoms with Crippen LogP contribution in [-0.2, 0) is 0 Å². The Morgan fingerprint density at radius 3 is 2.56 bits per heavy atom. The summed E-state index contributed by atoms with van der Waals surface area (Å²) < 4.78 is 0. The van der Waals surface area contributed by atoms with E-state index in [1.807, 2.05) is 31.2 Å². The van der Waals surface area contributed by atoms with Crippen LogP contribution in [-0.4, -0.2) is 16.5 Å². The number of benzene rings is 1. The van der Waals surface area contributed by atoms with Crippen molar-refractivity contribution in [2.75, 3.05) is 0 Å². The second-order valence-electron chi connectivity index (χ2n) is 3.52. The van der Waals surface area contributed by atoms with Crippen molar-refractivity contribution in [3.8, 4) is 11.3 Å². The number of rotatable bonds is 2. The maximum absolute atomic E-state index is 11.1. The molecule has 0 amide bonds. The molecule has 4 nitrogen and oxygen atoms in total. The molecule has 1 aromatic heterocycles. The lowest BCUT2D eigenvalue weighted by Gasteiger charge is -2.00. The van der Waals surface area contributed by atoms with Gasteiger partial charge in [-0.1, -0.05) is 29.8 Å². The van der Waals surface area contributed by atoms with Crippen molar-refractivity contribution in [1.82, 2.24) is 10.2 Å². The van der Waals surface area contributed by atoms with Gasteiger partial charge in [-0.05, 0) is 13.0 Å². The Bertz CT molecular complexity index is 570. The first-order valence-electron chi connectivity index (χ1n) is 4.82. The van der Waals surface area contributed by atoms with E-state index in [9.17, 15) is 9.59 Å². The normalized spacial score (nSPS) is 10.1. The predicted octanol–water partition coefficient (Wildman–Crippen LogP) is 1.56. The molecule has 1 heterocycles. The molecule has 0 fully saturated rings. The van der Waals surface area contributed by atoms with Crippen molar-refractivity contribution in [3.05, 3.63) is 51.8 Å². The summed E-state index contributed by atoms with van der Waals surface area (Å²) in [4.78, 5) is 21.8. The molecule has 0 aliphatic heterocycles. The Kier molecular flexibility index (Phi) is 2.64. The molecular formula is C12H10N2O2. The fourth-order valence-electron chi connectivity index (χ4n) is 1.38. The lowest BCUT2D eigenvalue weighted by molar-refractivity contribution is 0.112. The van der Waals surface area contributed by atoms with Crippen molar-refractivity contribution in [3.63, 3.8) is 0 Å². The standard InChI is InChI=1S/C12H10N2O2/c1-8-2-4-9(5-3-8)11-6-10(7-15)12(16)14-13-11/h2-7H,1H3,(H,14,16). The first-order valence-corrected chi connectivity index (χ1v) is 4.82. The van der Waals surface area contributed by atoms with Crippen molar-refractivity contribution in [2.24, 2.45) is 0 Å². The van der Waals surface area contributed by atoms with E-state index in [2.05, 4.69) is 10.2 Å². The van der Waals surface area contributed by atoms with Crippen molar-refractivity contribution < 1.29 is 4.79 Å². The number of aromatic nitrogens is 2.